The van der Waals surface area contributed by atoms with Gasteiger partial charge in [-0.3, -0.25) is 5.41 Å². The lowest BCUT2D eigenvalue weighted by Gasteiger charge is -2.24. The molecule has 5 nitrogen and oxygen atoms in total. The summed E-state index contributed by atoms with van der Waals surface area (Å²) in [6.07, 6.45) is 0.694. The third-order valence-corrected chi connectivity index (χ3v) is 2.75. The summed E-state index contributed by atoms with van der Waals surface area (Å²) in [5, 5.41) is 10.6. The molecule has 1 rings (SSSR count). The normalized spacial score (nSPS) is 9.94. The Kier molecular flexibility index (Phi) is 4.97. The highest BCUT2D eigenvalue weighted by Crippen LogP contribution is 2.30. The van der Waals surface area contributed by atoms with Crippen LogP contribution in [0.25, 0.3) is 0 Å². The summed E-state index contributed by atoms with van der Waals surface area (Å²) in [7, 11) is 0. The predicted octanol–water partition coefficient (Wildman–Crippen LogP) is 2.33. The van der Waals surface area contributed by atoms with Crippen LogP contribution < -0.4 is 16.0 Å². The molecule has 0 saturated heterocycles. The van der Waals surface area contributed by atoms with Gasteiger partial charge in [-0.2, -0.15) is 0 Å². The van der Waals surface area contributed by atoms with Crippen molar-refractivity contribution in [2.75, 3.05) is 11.4 Å². The van der Waals surface area contributed by atoms with Crippen molar-refractivity contribution in [2.24, 2.45) is 5.73 Å². The van der Waals surface area contributed by atoms with Gasteiger partial charge >= 0.3 is 6.03 Å². The third kappa shape index (κ3) is 2.92. The van der Waals surface area contributed by atoms with Crippen molar-refractivity contribution in [1.82, 2.24) is 5.32 Å². The van der Waals surface area contributed by atoms with Crippen LogP contribution in [0.1, 0.15) is 19.4 Å². The Labute approximate surface area is 111 Å². The summed E-state index contributed by atoms with van der Waals surface area (Å²) in [6, 6.07) is 4.88. The number of nitrogens with zero attached hydrogens (tertiary/aromatic N) is 1. The molecule has 0 aliphatic carbocycles. The zero-order valence-electron chi connectivity index (χ0n) is 10.5. The molecule has 18 heavy (non-hydrogen) atoms. The van der Waals surface area contributed by atoms with E-state index in [4.69, 9.17) is 22.7 Å². The third-order valence-electron chi connectivity index (χ3n) is 2.45. The lowest BCUT2D eigenvalue weighted by molar-refractivity contribution is 0.249. The van der Waals surface area contributed by atoms with Gasteiger partial charge in [-0.15, -0.1) is 0 Å². The number of nitrogens with two attached hydrogens (primary N) is 1. The second-order valence-electron chi connectivity index (χ2n) is 3.66. The van der Waals surface area contributed by atoms with E-state index in [9.17, 15) is 4.79 Å². The van der Waals surface area contributed by atoms with E-state index in [1.54, 1.807) is 19.1 Å². The minimum atomic E-state index is -0.451. The van der Waals surface area contributed by atoms with Crippen LogP contribution in [0.5, 0.6) is 0 Å². The summed E-state index contributed by atoms with van der Waals surface area (Å²) >= 11 is 6.12. The molecule has 0 unspecified atom stereocenters. The molecule has 98 valence electrons. The largest absolute Gasteiger partial charge is 0.369 e. The Bertz CT molecular complexity index is 461. The molecule has 0 bridgehead atoms. The number of anilines is 1. The number of para-hydroxylation sites is 1. The van der Waals surface area contributed by atoms with Gasteiger partial charge in [-0.05, 0) is 25.0 Å². The molecule has 4 N–H and O–H groups in total. The number of benzene rings is 1. The highest BCUT2D eigenvalue weighted by molar-refractivity contribution is 6.35. The molecule has 0 radical (unpaired) electrons. The standard InChI is InChI=1S/C12H17ClN4O/c1-3-8-6-5-7-9(13)10(8)17(11(14)15)12(18)16-4-2/h5-7H,3-4H2,1-2H3,(H3,14,15)(H,16,18). The van der Waals surface area contributed by atoms with Crippen LogP contribution in [0.4, 0.5) is 10.5 Å². The molecule has 0 atom stereocenters. The number of amides is 2. The molecule has 6 heteroatoms. The van der Waals surface area contributed by atoms with Gasteiger partial charge in [0, 0.05) is 6.54 Å². The maximum Gasteiger partial charge on any atom is 0.328 e. The number of aryl methyl sites for hydroxylation is 1. The van der Waals surface area contributed by atoms with Crippen LogP contribution >= 0.6 is 11.6 Å². The van der Waals surface area contributed by atoms with Gasteiger partial charge in [0.2, 0.25) is 5.96 Å². The van der Waals surface area contributed by atoms with E-state index in [0.29, 0.717) is 23.7 Å². The molecule has 0 fully saturated rings. The molecule has 0 spiro atoms. The average molecular weight is 269 g/mol. The van der Waals surface area contributed by atoms with Crippen molar-refractivity contribution < 1.29 is 4.79 Å². The first kappa shape index (κ1) is 14.3. The van der Waals surface area contributed by atoms with E-state index in [-0.39, 0.29) is 5.96 Å². The summed E-state index contributed by atoms with van der Waals surface area (Å²) in [5.41, 5.74) is 6.82. The fourth-order valence-electron chi connectivity index (χ4n) is 1.66. The number of halogens is 1. The number of guanidine groups is 1. The van der Waals surface area contributed by atoms with Gasteiger partial charge in [-0.1, -0.05) is 30.7 Å². The minimum Gasteiger partial charge on any atom is -0.369 e. The summed E-state index contributed by atoms with van der Waals surface area (Å²) in [4.78, 5) is 13.0. The Morgan fingerprint density at radius 3 is 2.67 bits per heavy atom. The van der Waals surface area contributed by atoms with Crippen molar-refractivity contribution in [3.63, 3.8) is 0 Å². The van der Waals surface area contributed by atoms with Crippen molar-refractivity contribution in [2.45, 2.75) is 20.3 Å². The number of rotatable bonds is 3. The van der Waals surface area contributed by atoms with Crippen LogP contribution in [0.3, 0.4) is 0 Å². The van der Waals surface area contributed by atoms with E-state index in [2.05, 4.69) is 5.32 Å². The van der Waals surface area contributed by atoms with Crippen LogP contribution in [-0.4, -0.2) is 18.5 Å². The first-order chi connectivity index (χ1) is 8.52. The van der Waals surface area contributed by atoms with Crippen molar-refractivity contribution in [3.05, 3.63) is 28.8 Å². The molecular formula is C12H17ClN4O. The second kappa shape index (κ2) is 6.26. The van der Waals surface area contributed by atoms with E-state index in [0.717, 1.165) is 10.5 Å². The monoisotopic (exact) mass is 268 g/mol. The fraction of sp³-hybridized carbons (Fsp3) is 0.333. The van der Waals surface area contributed by atoms with E-state index >= 15 is 0 Å². The zero-order valence-corrected chi connectivity index (χ0v) is 11.2. The van der Waals surface area contributed by atoms with Crippen LogP contribution in [0, 0.1) is 5.41 Å². The Hall–Kier alpha value is -1.75. The smallest absolute Gasteiger partial charge is 0.328 e. The highest BCUT2D eigenvalue weighted by Gasteiger charge is 2.22. The highest BCUT2D eigenvalue weighted by atomic mass is 35.5. The van der Waals surface area contributed by atoms with Gasteiger partial charge in [0.05, 0.1) is 10.7 Å². The van der Waals surface area contributed by atoms with E-state index in [1.807, 2.05) is 13.0 Å². The summed E-state index contributed by atoms with van der Waals surface area (Å²) in [6.45, 7) is 4.20. The van der Waals surface area contributed by atoms with Gasteiger partial charge in [0.15, 0.2) is 0 Å². The first-order valence-corrected chi connectivity index (χ1v) is 6.10. The molecule has 1 aromatic rings. The predicted molar refractivity (Wildman–Crippen MR) is 74.3 cm³/mol. The number of hydrogen-bond acceptors (Lipinski definition) is 2. The van der Waals surface area contributed by atoms with Gasteiger partial charge in [0.25, 0.3) is 0 Å². The molecule has 0 aromatic heterocycles. The number of hydrogen-bond donors (Lipinski definition) is 3. The van der Waals surface area contributed by atoms with E-state index in [1.165, 1.54) is 0 Å². The molecule has 0 aliphatic rings. The molecule has 1 aromatic carbocycles. The fourth-order valence-corrected chi connectivity index (χ4v) is 1.94. The van der Waals surface area contributed by atoms with Gasteiger partial charge < -0.3 is 11.1 Å². The SMILES string of the molecule is CCNC(=O)N(C(=N)N)c1c(Cl)cccc1CC. The van der Waals surface area contributed by atoms with Crippen LogP contribution in [0.15, 0.2) is 18.2 Å². The summed E-state index contributed by atoms with van der Waals surface area (Å²) < 4.78 is 0. The lowest BCUT2D eigenvalue weighted by atomic mass is 10.1. The van der Waals surface area contributed by atoms with Gasteiger partial charge in [-0.25, -0.2) is 9.69 Å². The molecule has 0 saturated carbocycles. The number of urea groups is 1. The second-order valence-corrected chi connectivity index (χ2v) is 4.06. The maximum atomic E-state index is 11.9. The number of nitrogens with one attached hydrogen (secondary N) is 2. The lowest BCUT2D eigenvalue weighted by Crippen LogP contribution is -2.47. The van der Waals surface area contributed by atoms with Crippen LogP contribution in [0.2, 0.25) is 5.02 Å². The molecule has 0 heterocycles. The Balaban J connectivity index is 3.29. The molecule has 2 amide bonds. The quantitative estimate of drug-likeness (QED) is 0.581. The van der Waals surface area contributed by atoms with Crippen LogP contribution in [-0.2, 0) is 6.42 Å². The molecular weight excluding hydrogens is 252 g/mol. The maximum absolute atomic E-state index is 11.9. The zero-order chi connectivity index (χ0) is 13.7. The average Bonchev–Trinajstić information content (AvgIpc) is 2.31. The minimum absolute atomic E-state index is 0.358. The van der Waals surface area contributed by atoms with Crippen molar-refractivity contribution in [3.8, 4) is 0 Å². The van der Waals surface area contributed by atoms with Gasteiger partial charge in [0.1, 0.15) is 0 Å². The number of carbonyl (C=O) groups excluding carboxylic acids is 1. The summed E-state index contributed by atoms with van der Waals surface area (Å²) in [5.74, 6) is -0.358. The number of carbonyl (C=O) groups is 1. The van der Waals surface area contributed by atoms with E-state index < -0.39 is 6.03 Å². The topological polar surface area (TPSA) is 82.2 Å². The molecule has 0 aliphatic heterocycles. The Morgan fingerprint density at radius 2 is 2.17 bits per heavy atom. The first-order valence-electron chi connectivity index (χ1n) is 5.72. The van der Waals surface area contributed by atoms with Crippen molar-refractivity contribution in [1.29, 1.82) is 5.41 Å². The van der Waals surface area contributed by atoms with Crippen molar-refractivity contribution >= 4 is 29.3 Å². The Morgan fingerprint density at radius 1 is 1.50 bits per heavy atom.